The first-order valence-corrected chi connectivity index (χ1v) is 12.3. The van der Waals surface area contributed by atoms with Gasteiger partial charge in [-0.05, 0) is 29.5 Å². The number of rotatable bonds is 15. The minimum Gasteiger partial charge on any atom is -0.352 e. The van der Waals surface area contributed by atoms with Crippen LogP contribution in [0.4, 0.5) is 5.69 Å². The van der Waals surface area contributed by atoms with Crippen molar-refractivity contribution >= 4 is 23.2 Å². The van der Waals surface area contributed by atoms with Gasteiger partial charge in [-0.2, -0.15) is 0 Å². The molecule has 2 aromatic rings. The monoisotopic (exact) mass is 450 g/mol. The van der Waals surface area contributed by atoms with E-state index in [1.165, 1.54) is 57.1 Å². The van der Waals surface area contributed by atoms with E-state index in [0.29, 0.717) is 17.7 Å². The van der Waals surface area contributed by atoms with Crippen LogP contribution in [0.15, 0.2) is 54.6 Å². The molecule has 0 saturated carbocycles. The highest BCUT2D eigenvalue weighted by atomic mass is 16.6. The van der Waals surface area contributed by atoms with Crippen molar-refractivity contribution in [3.63, 3.8) is 0 Å². The summed E-state index contributed by atoms with van der Waals surface area (Å²) in [6.45, 7) is 5.17. The van der Waals surface area contributed by atoms with Gasteiger partial charge in [0.2, 0.25) is 0 Å². The Morgan fingerprint density at radius 2 is 1.55 bits per heavy atom. The lowest BCUT2D eigenvalue weighted by Gasteiger charge is -2.10. The fraction of sp³-hybridized carbons (Fsp3) is 0.464. The van der Waals surface area contributed by atoms with Crippen LogP contribution in [0, 0.1) is 16.0 Å². The Bertz CT molecular complexity index is 891. The van der Waals surface area contributed by atoms with E-state index < -0.39 is 4.92 Å². The summed E-state index contributed by atoms with van der Waals surface area (Å²) in [5.41, 5.74) is 1.83. The summed E-state index contributed by atoms with van der Waals surface area (Å²) in [4.78, 5) is 23.7. The molecule has 0 atom stereocenters. The van der Waals surface area contributed by atoms with Crippen LogP contribution in [0.25, 0.3) is 11.6 Å². The molecule has 0 saturated heterocycles. The van der Waals surface area contributed by atoms with Gasteiger partial charge in [0.15, 0.2) is 0 Å². The molecule has 0 unspecified atom stereocenters. The highest BCUT2D eigenvalue weighted by Crippen LogP contribution is 2.23. The maximum Gasteiger partial charge on any atom is 0.270 e. The number of hydrogen-bond donors (Lipinski definition) is 1. The minimum absolute atomic E-state index is 0.0246. The maximum absolute atomic E-state index is 13.0. The summed E-state index contributed by atoms with van der Waals surface area (Å²) in [5.74, 6) is 0.602. The number of non-ortho nitro benzene ring substituents is 1. The molecule has 1 N–H and O–H groups in total. The van der Waals surface area contributed by atoms with Crippen LogP contribution < -0.4 is 5.32 Å². The number of nitro benzene ring substituents is 1. The highest BCUT2D eigenvalue weighted by molar-refractivity contribution is 6.24. The van der Waals surface area contributed by atoms with Crippen molar-refractivity contribution in [1.29, 1.82) is 0 Å². The molecule has 178 valence electrons. The predicted octanol–water partition coefficient (Wildman–Crippen LogP) is 7.42. The summed E-state index contributed by atoms with van der Waals surface area (Å²) in [6.07, 6.45) is 12.9. The van der Waals surface area contributed by atoms with E-state index in [9.17, 15) is 14.9 Å². The number of hydrogen-bond acceptors (Lipinski definition) is 3. The van der Waals surface area contributed by atoms with Crippen LogP contribution in [0.3, 0.4) is 0 Å². The molecule has 5 nitrogen and oxygen atoms in total. The van der Waals surface area contributed by atoms with Gasteiger partial charge in [-0.1, -0.05) is 108 Å². The molecule has 0 radical (unpaired) electrons. The lowest BCUT2D eigenvalue weighted by atomic mass is 10.0. The van der Waals surface area contributed by atoms with Crippen molar-refractivity contribution in [3.8, 4) is 0 Å². The van der Waals surface area contributed by atoms with Crippen molar-refractivity contribution in [1.82, 2.24) is 5.32 Å². The molecule has 0 heterocycles. The second-order valence-electron chi connectivity index (χ2n) is 9.04. The summed E-state index contributed by atoms with van der Waals surface area (Å²) < 4.78 is 0. The second-order valence-corrected chi connectivity index (χ2v) is 9.04. The molecule has 1 amide bonds. The number of carbonyl (C=O) groups excluding carboxylic acids is 1. The molecular weight excluding hydrogens is 412 g/mol. The maximum atomic E-state index is 13.0. The van der Waals surface area contributed by atoms with Crippen molar-refractivity contribution in [2.24, 2.45) is 5.92 Å². The number of nitrogens with one attached hydrogen (secondary N) is 1. The third-order valence-electron chi connectivity index (χ3n) is 5.72. The average molecular weight is 451 g/mol. The summed E-state index contributed by atoms with van der Waals surface area (Å²) in [6, 6.07) is 15.8. The fourth-order valence-corrected chi connectivity index (χ4v) is 3.82. The van der Waals surface area contributed by atoms with E-state index in [1.54, 1.807) is 18.2 Å². The Kier molecular flexibility index (Phi) is 11.9. The van der Waals surface area contributed by atoms with Gasteiger partial charge in [0.25, 0.3) is 11.6 Å². The molecule has 2 rings (SSSR count). The zero-order valence-electron chi connectivity index (χ0n) is 20.1. The molecule has 0 aromatic heterocycles. The Morgan fingerprint density at radius 1 is 0.909 bits per heavy atom. The first kappa shape index (κ1) is 26.3. The fourth-order valence-electron chi connectivity index (χ4n) is 3.82. The summed E-state index contributed by atoms with van der Waals surface area (Å²) >= 11 is 0. The van der Waals surface area contributed by atoms with E-state index in [0.717, 1.165) is 24.3 Å². The standard InChI is InChI=1S/C28H38N2O3/c1-23(2)15-10-7-5-3-4-6-8-13-20-29-28(31)27(21-24-16-11-9-12-17-24)25-18-14-19-26(22-25)30(32)33/h9,11-12,14,16-19,21-23H,3-8,10,13,15,20H2,1-2H3,(H,29,31). The second kappa shape index (κ2) is 15.0. The minimum atomic E-state index is -0.439. The van der Waals surface area contributed by atoms with Gasteiger partial charge in [-0.15, -0.1) is 0 Å². The number of benzene rings is 2. The lowest BCUT2D eigenvalue weighted by Crippen LogP contribution is -2.25. The predicted molar refractivity (Wildman–Crippen MR) is 137 cm³/mol. The molecule has 0 aliphatic carbocycles. The Labute approximate surface area is 198 Å². The van der Waals surface area contributed by atoms with Crippen LogP contribution in [0.1, 0.15) is 82.8 Å². The number of nitrogens with zero attached hydrogens (tertiary/aromatic N) is 1. The van der Waals surface area contributed by atoms with Crippen LogP contribution >= 0.6 is 0 Å². The summed E-state index contributed by atoms with van der Waals surface area (Å²) in [7, 11) is 0. The topological polar surface area (TPSA) is 72.2 Å². The third-order valence-corrected chi connectivity index (χ3v) is 5.72. The van der Waals surface area contributed by atoms with Crippen molar-refractivity contribution < 1.29 is 9.72 Å². The molecule has 0 bridgehead atoms. The SMILES string of the molecule is CC(C)CCCCCCCCCCNC(=O)C(=Cc1ccccc1)c1cccc([N+](=O)[O-])c1. The smallest absolute Gasteiger partial charge is 0.270 e. The van der Waals surface area contributed by atoms with Crippen molar-refractivity contribution in [3.05, 3.63) is 75.8 Å². The van der Waals surface area contributed by atoms with Gasteiger partial charge in [-0.3, -0.25) is 14.9 Å². The quantitative estimate of drug-likeness (QED) is 0.101. The van der Waals surface area contributed by atoms with E-state index >= 15 is 0 Å². The molecule has 2 aromatic carbocycles. The van der Waals surface area contributed by atoms with E-state index in [4.69, 9.17) is 0 Å². The molecule has 0 aliphatic rings. The number of amides is 1. The molecule has 0 fully saturated rings. The van der Waals surface area contributed by atoms with Gasteiger partial charge in [0, 0.05) is 24.3 Å². The largest absolute Gasteiger partial charge is 0.352 e. The van der Waals surface area contributed by atoms with Crippen molar-refractivity contribution in [2.75, 3.05) is 6.54 Å². The first-order valence-electron chi connectivity index (χ1n) is 12.3. The Morgan fingerprint density at radius 3 is 2.18 bits per heavy atom. The molecular formula is C28H38N2O3. The normalized spacial score (nSPS) is 11.5. The Balaban J connectivity index is 1.83. The zero-order chi connectivity index (χ0) is 23.9. The molecule has 5 heteroatoms. The van der Waals surface area contributed by atoms with Gasteiger partial charge < -0.3 is 5.32 Å². The van der Waals surface area contributed by atoms with Crippen LogP contribution in [-0.4, -0.2) is 17.4 Å². The zero-order valence-corrected chi connectivity index (χ0v) is 20.1. The highest BCUT2D eigenvalue weighted by Gasteiger charge is 2.15. The Hall–Kier alpha value is -2.95. The van der Waals surface area contributed by atoms with Gasteiger partial charge in [-0.25, -0.2) is 0 Å². The lowest BCUT2D eigenvalue weighted by molar-refractivity contribution is -0.384. The first-order chi connectivity index (χ1) is 16.0. The van der Waals surface area contributed by atoms with Gasteiger partial charge in [0.1, 0.15) is 0 Å². The molecule has 33 heavy (non-hydrogen) atoms. The van der Waals surface area contributed by atoms with E-state index in [1.807, 2.05) is 30.3 Å². The summed E-state index contributed by atoms with van der Waals surface area (Å²) in [5, 5.41) is 14.2. The number of nitro groups is 1. The van der Waals surface area contributed by atoms with E-state index in [2.05, 4.69) is 19.2 Å². The van der Waals surface area contributed by atoms with Crippen LogP contribution in [0.2, 0.25) is 0 Å². The van der Waals surface area contributed by atoms with Crippen molar-refractivity contribution in [2.45, 2.75) is 71.6 Å². The molecule has 0 aliphatic heterocycles. The third kappa shape index (κ3) is 10.5. The van der Waals surface area contributed by atoms with Crippen LogP contribution in [0.5, 0.6) is 0 Å². The van der Waals surface area contributed by atoms with Crippen LogP contribution in [-0.2, 0) is 4.79 Å². The van der Waals surface area contributed by atoms with E-state index in [-0.39, 0.29) is 11.6 Å². The molecule has 0 spiro atoms. The number of carbonyl (C=O) groups is 1. The van der Waals surface area contributed by atoms with Gasteiger partial charge >= 0.3 is 0 Å². The average Bonchev–Trinajstić information content (AvgIpc) is 2.81. The number of unbranched alkanes of at least 4 members (excludes halogenated alkanes) is 7. The van der Waals surface area contributed by atoms with Gasteiger partial charge in [0.05, 0.1) is 4.92 Å².